The van der Waals surface area contributed by atoms with E-state index < -0.39 is 0 Å². The van der Waals surface area contributed by atoms with Gasteiger partial charge in [-0.25, -0.2) is 0 Å². The van der Waals surface area contributed by atoms with Crippen LogP contribution in [0.1, 0.15) is 11.1 Å². The van der Waals surface area contributed by atoms with Gasteiger partial charge in [-0.2, -0.15) is 5.26 Å². The SMILES string of the molecule is Cc1cccc(-c2ccc(CC#N)cn2)c1. The summed E-state index contributed by atoms with van der Waals surface area (Å²) in [6, 6.07) is 14.3. The number of nitriles is 1. The maximum Gasteiger partial charge on any atom is 0.0702 e. The van der Waals surface area contributed by atoms with Crippen molar-refractivity contribution in [1.29, 1.82) is 5.26 Å². The molecular formula is C14H12N2. The summed E-state index contributed by atoms with van der Waals surface area (Å²) in [4.78, 5) is 4.36. The molecule has 2 heteroatoms. The summed E-state index contributed by atoms with van der Waals surface area (Å²) in [6.07, 6.45) is 2.18. The topological polar surface area (TPSA) is 36.7 Å². The van der Waals surface area contributed by atoms with E-state index in [0.29, 0.717) is 6.42 Å². The van der Waals surface area contributed by atoms with Crippen molar-refractivity contribution in [1.82, 2.24) is 4.98 Å². The minimum Gasteiger partial charge on any atom is -0.256 e. The van der Waals surface area contributed by atoms with Crippen LogP contribution < -0.4 is 0 Å². The van der Waals surface area contributed by atoms with Crippen molar-refractivity contribution in [3.63, 3.8) is 0 Å². The van der Waals surface area contributed by atoms with E-state index >= 15 is 0 Å². The third-order valence-electron chi connectivity index (χ3n) is 2.42. The molecule has 1 aromatic carbocycles. The fraction of sp³-hybridized carbons (Fsp3) is 0.143. The Morgan fingerprint density at radius 1 is 1.25 bits per heavy atom. The molecule has 0 fully saturated rings. The first-order chi connectivity index (χ1) is 7.79. The monoisotopic (exact) mass is 208 g/mol. The lowest BCUT2D eigenvalue weighted by Gasteiger charge is -2.02. The van der Waals surface area contributed by atoms with Gasteiger partial charge in [0.2, 0.25) is 0 Å². The lowest BCUT2D eigenvalue weighted by Crippen LogP contribution is -1.87. The molecule has 0 aliphatic carbocycles. The van der Waals surface area contributed by atoms with Crippen LogP contribution in [0.2, 0.25) is 0 Å². The van der Waals surface area contributed by atoms with E-state index in [-0.39, 0.29) is 0 Å². The minimum absolute atomic E-state index is 0.418. The molecule has 0 saturated heterocycles. The molecule has 0 bridgehead atoms. The molecule has 2 nitrogen and oxygen atoms in total. The van der Waals surface area contributed by atoms with E-state index in [9.17, 15) is 0 Å². The van der Waals surface area contributed by atoms with Crippen LogP contribution in [0, 0.1) is 18.3 Å². The number of aromatic nitrogens is 1. The molecule has 2 aromatic rings. The number of benzene rings is 1. The molecule has 0 radical (unpaired) electrons. The normalized spacial score (nSPS) is 9.75. The van der Waals surface area contributed by atoms with Crippen LogP contribution in [0.4, 0.5) is 0 Å². The van der Waals surface area contributed by atoms with Gasteiger partial charge in [-0.3, -0.25) is 4.98 Å². The summed E-state index contributed by atoms with van der Waals surface area (Å²) in [5, 5.41) is 8.56. The second-order valence-electron chi connectivity index (χ2n) is 3.76. The van der Waals surface area contributed by atoms with Gasteiger partial charge in [0.15, 0.2) is 0 Å². The van der Waals surface area contributed by atoms with Crippen LogP contribution in [-0.4, -0.2) is 4.98 Å². The van der Waals surface area contributed by atoms with Gasteiger partial charge in [-0.15, -0.1) is 0 Å². The van der Waals surface area contributed by atoms with Crippen molar-refractivity contribution in [3.05, 3.63) is 53.7 Å². The molecule has 78 valence electrons. The summed E-state index contributed by atoms with van der Waals surface area (Å²) in [6.45, 7) is 2.06. The quantitative estimate of drug-likeness (QED) is 0.760. The highest BCUT2D eigenvalue weighted by Crippen LogP contribution is 2.18. The van der Waals surface area contributed by atoms with Crippen molar-refractivity contribution in [2.24, 2.45) is 0 Å². The van der Waals surface area contributed by atoms with Gasteiger partial charge < -0.3 is 0 Å². The van der Waals surface area contributed by atoms with Crippen molar-refractivity contribution >= 4 is 0 Å². The molecule has 0 aliphatic rings. The second kappa shape index (κ2) is 4.59. The van der Waals surface area contributed by atoms with E-state index in [2.05, 4.69) is 30.1 Å². The fourth-order valence-corrected chi connectivity index (χ4v) is 1.60. The first kappa shape index (κ1) is 10.4. The smallest absolute Gasteiger partial charge is 0.0702 e. The maximum atomic E-state index is 8.56. The summed E-state index contributed by atoms with van der Waals surface area (Å²) < 4.78 is 0. The third kappa shape index (κ3) is 2.26. The third-order valence-corrected chi connectivity index (χ3v) is 2.42. The average molecular weight is 208 g/mol. The van der Waals surface area contributed by atoms with Crippen LogP contribution >= 0.6 is 0 Å². The van der Waals surface area contributed by atoms with Gasteiger partial charge in [-0.05, 0) is 24.6 Å². The standard InChI is InChI=1S/C14H12N2/c1-11-3-2-4-13(9-11)14-6-5-12(7-8-15)10-16-14/h2-6,9-10H,7H2,1H3. The highest BCUT2D eigenvalue weighted by Gasteiger charge is 1.99. The van der Waals surface area contributed by atoms with Crippen molar-refractivity contribution < 1.29 is 0 Å². The van der Waals surface area contributed by atoms with Crippen LogP contribution in [-0.2, 0) is 6.42 Å². The Morgan fingerprint density at radius 2 is 2.12 bits per heavy atom. The fourth-order valence-electron chi connectivity index (χ4n) is 1.60. The van der Waals surface area contributed by atoms with Crippen LogP contribution in [0.15, 0.2) is 42.6 Å². The van der Waals surface area contributed by atoms with Gasteiger partial charge in [0.1, 0.15) is 0 Å². The number of aryl methyl sites for hydroxylation is 1. The molecular weight excluding hydrogens is 196 g/mol. The van der Waals surface area contributed by atoms with Gasteiger partial charge in [-0.1, -0.05) is 29.8 Å². The summed E-state index contributed by atoms with van der Waals surface area (Å²) in [5.74, 6) is 0. The van der Waals surface area contributed by atoms with Crippen molar-refractivity contribution in [3.8, 4) is 17.3 Å². The molecule has 0 N–H and O–H groups in total. The highest BCUT2D eigenvalue weighted by atomic mass is 14.7. The molecule has 16 heavy (non-hydrogen) atoms. The average Bonchev–Trinajstić information content (AvgIpc) is 2.30. The zero-order valence-electron chi connectivity index (χ0n) is 9.14. The molecule has 0 unspecified atom stereocenters. The van der Waals surface area contributed by atoms with E-state index in [0.717, 1.165) is 16.8 Å². The Bertz CT molecular complexity index is 521. The zero-order chi connectivity index (χ0) is 11.4. The lowest BCUT2D eigenvalue weighted by molar-refractivity contribution is 1.19. The Labute approximate surface area is 95.2 Å². The largest absolute Gasteiger partial charge is 0.256 e. The predicted octanol–water partition coefficient (Wildman–Crippen LogP) is 3.12. The van der Waals surface area contributed by atoms with Gasteiger partial charge in [0.25, 0.3) is 0 Å². The van der Waals surface area contributed by atoms with Crippen molar-refractivity contribution in [2.75, 3.05) is 0 Å². The molecule has 0 atom stereocenters. The van der Waals surface area contributed by atoms with Crippen LogP contribution in [0.3, 0.4) is 0 Å². The minimum atomic E-state index is 0.418. The van der Waals surface area contributed by atoms with Crippen LogP contribution in [0.5, 0.6) is 0 Å². The Balaban J connectivity index is 2.32. The highest BCUT2D eigenvalue weighted by molar-refractivity contribution is 5.59. The number of hydrogen-bond acceptors (Lipinski definition) is 2. The number of hydrogen-bond donors (Lipinski definition) is 0. The lowest BCUT2D eigenvalue weighted by atomic mass is 10.1. The first-order valence-electron chi connectivity index (χ1n) is 5.18. The molecule has 0 spiro atoms. The van der Waals surface area contributed by atoms with E-state index in [4.69, 9.17) is 5.26 Å². The molecule has 1 aromatic heterocycles. The number of rotatable bonds is 2. The Hall–Kier alpha value is -2.14. The molecule has 1 heterocycles. The van der Waals surface area contributed by atoms with Crippen LogP contribution in [0.25, 0.3) is 11.3 Å². The second-order valence-corrected chi connectivity index (χ2v) is 3.76. The van der Waals surface area contributed by atoms with E-state index in [1.165, 1.54) is 5.56 Å². The summed E-state index contributed by atoms with van der Waals surface area (Å²) in [7, 11) is 0. The number of nitrogens with zero attached hydrogens (tertiary/aromatic N) is 2. The van der Waals surface area contributed by atoms with E-state index in [1.54, 1.807) is 6.20 Å². The summed E-state index contributed by atoms with van der Waals surface area (Å²) in [5.41, 5.74) is 4.24. The Kier molecular flexibility index (Phi) is 2.98. The Morgan fingerprint density at radius 3 is 2.75 bits per heavy atom. The molecule has 2 rings (SSSR count). The van der Waals surface area contributed by atoms with Gasteiger partial charge in [0, 0.05) is 11.8 Å². The first-order valence-corrected chi connectivity index (χ1v) is 5.18. The molecule has 0 aliphatic heterocycles. The predicted molar refractivity (Wildman–Crippen MR) is 63.7 cm³/mol. The molecule has 0 saturated carbocycles. The van der Waals surface area contributed by atoms with Crippen molar-refractivity contribution in [2.45, 2.75) is 13.3 Å². The molecule has 0 amide bonds. The summed E-state index contributed by atoms with van der Waals surface area (Å²) >= 11 is 0. The zero-order valence-corrected chi connectivity index (χ0v) is 9.14. The van der Waals surface area contributed by atoms with Gasteiger partial charge in [0.05, 0.1) is 18.2 Å². The van der Waals surface area contributed by atoms with E-state index in [1.807, 2.05) is 24.3 Å². The van der Waals surface area contributed by atoms with Gasteiger partial charge >= 0.3 is 0 Å². The maximum absolute atomic E-state index is 8.56. The number of pyridine rings is 1.